The molecule has 0 unspecified atom stereocenters. The summed E-state index contributed by atoms with van der Waals surface area (Å²) in [6.45, 7) is 1.47. The summed E-state index contributed by atoms with van der Waals surface area (Å²) in [4.78, 5) is 12.7. The number of rotatable bonds is 6. The molecule has 0 atom stereocenters. The van der Waals surface area contributed by atoms with E-state index in [4.69, 9.17) is 0 Å². The fourth-order valence-corrected chi connectivity index (χ4v) is 5.11. The zero-order valence-corrected chi connectivity index (χ0v) is 17.7. The number of hydrogen-bond donors (Lipinski definition) is 1. The van der Waals surface area contributed by atoms with E-state index in [1.54, 1.807) is 48.5 Å². The van der Waals surface area contributed by atoms with Crippen LogP contribution in [0.5, 0.6) is 0 Å². The number of halogens is 1. The number of amides is 1. The van der Waals surface area contributed by atoms with Crippen LogP contribution in [0.25, 0.3) is 11.1 Å². The molecule has 5 nitrogen and oxygen atoms in total. The van der Waals surface area contributed by atoms with Crippen molar-refractivity contribution in [3.8, 4) is 11.1 Å². The molecule has 1 heterocycles. The van der Waals surface area contributed by atoms with E-state index in [0.717, 1.165) is 29.5 Å². The molecule has 7 heteroatoms. The van der Waals surface area contributed by atoms with Crippen molar-refractivity contribution in [2.45, 2.75) is 24.3 Å². The first-order chi connectivity index (χ1) is 14.9. The predicted molar refractivity (Wildman–Crippen MR) is 117 cm³/mol. The van der Waals surface area contributed by atoms with Crippen LogP contribution in [0.2, 0.25) is 0 Å². The van der Waals surface area contributed by atoms with E-state index >= 15 is 0 Å². The maximum absolute atomic E-state index is 13.0. The van der Waals surface area contributed by atoms with Gasteiger partial charge in [-0.25, -0.2) is 12.8 Å². The Hall–Kier alpha value is -3.03. The summed E-state index contributed by atoms with van der Waals surface area (Å²) in [6.07, 6.45) is 1.81. The summed E-state index contributed by atoms with van der Waals surface area (Å²) in [6, 6.07) is 19.9. The molecule has 3 aromatic rings. The summed E-state index contributed by atoms with van der Waals surface area (Å²) in [7, 11) is -3.43. The highest BCUT2D eigenvalue weighted by molar-refractivity contribution is 7.89. The Morgan fingerprint density at radius 3 is 1.97 bits per heavy atom. The van der Waals surface area contributed by atoms with Crippen LogP contribution < -0.4 is 5.32 Å². The molecule has 1 aliphatic heterocycles. The Balaban J connectivity index is 1.41. The molecular weight excluding hydrogens is 415 g/mol. The van der Waals surface area contributed by atoms with E-state index in [0.29, 0.717) is 30.1 Å². The first kappa shape index (κ1) is 21.2. The van der Waals surface area contributed by atoms with Gasteiger partial charge in [-0.15, -0.1) is 0 Å². The second-order valence-corrected chi connectivity index (χ2v) is 9.46. The number of hydrogen-bond acceptors (Lipinski definition) is 3. The number of nitrogens with one attached hydrogen (secondary N) is 1. The van der Waals surface area contributed by atoms with Crippen molar-refractivity contribution in [2.24, 2.45) is 0 Å². The third-order valence-electron chi connectivity index (χ3n) is 5.40. The highest BCUT2D eigenvalue weighted by Gasteiger charge is 2.26. The molecule has 0 aromatic heterocycles. The average Bonchev–Trinajstić information content (AvgIpc) is 3.35. The number of carbonyl (C=O) groups excluding carboxylic acids is 1. The fraction of sp³-hybridized carbons (Fsp3) is 0.208. The van der Waals surface area contributed by atoms with E-state index < -0.39 is 10.0 Å². The summed E-state index contributed by atoms with van der Waals surface area (Å²) in [5.41, 5.74) is 3.09. The predicted octanol–water partition coefficient (Wildman–Crippen LogP) is 4.21. The second-order valence-electron chi connectivity index (χ2n) is 7.52. The van der Waals surface area contributed by atoms with E-state index in [1.807, 2.05) is 12.1 Å². The third-order valence-corrected chi connectivity index (χ3v) is 7.32. The van der Waals surface area contributed by atoms with Crippen LogP contribution in [0, 0.1) is 5.82 Å². The Labute approximate surface area is 181 Å². The molecule has 1 fully saturated rings. The van der Waals surface area contributed by atoms with Crippen molar-refractivity contribution >= 4 is 15.9 Å². The van der Waals surface area contributed by atoms with E-state index in [1.165, 1.54) is 16.4 Å². The van der Waals surface area contributed by atoms with Crippen molar-refractivity contribution in [2.75, 3.05) is 13.1 Å². The van der Waals surface area contributed by atoms with Gasteiger partial charge in [-0.1, -0.05) is 36.4 Å². The van der Waals surface area contributed by atoms with Gasteiger partial charge in [0.25, 0.3) is 5.91 Å². The number of benzene rings is 3. The highest BCUT2D eigenvalue weighted by atomic mass is 32.2. The van der Waals surface area contributed by atoms with Crippen LogP contribution in [-0.4, -0.2) is 31.7 Å². The van der Waals surface area contributed by atoms with Crippen LogP contribution in [0.4, 0.5) is 4.39 Å². The van der Waals surface area contributed by atoms with Gasteiger partial charge in [-0.2, -0.15) is 4.31 Å². The summed E-state index contributed by atoms with van der Waals surface area (Å²) in [5, 5.41) is 2.81. The molecule has 1 aliphatic rings. The molecule has 1 saturated heterocycles. The summed E-state index contributed by atoms with van der Waals surface area (Å²) in [5.74, 6) is -0.532. The van der Waals surface area contributed by atoms with Crippen molar-refractivity contribution in [1.29, 1.82) is 0 Å². The lowest BCUT2D eigenvalue weighted by Gasteiger charge is -2.15. The molecule has 31 heavy (non-hydrogen) atoms. The Bertz CT molecular complexity index is 1150. The molecule has 4 rings (SSSR count). The Morgan fingerprint density at radius 2 is 1.39 bits per heavy atom. The molecular formula is C24H23FN2O3S. The highest BCUT2D eigenvalue weighted by Crippen LogP contribution is 2.25. The normalized spacial score (nSPS) is 14.5. The average molecular weight is 439 g/mol. The van der Waals surface area contributed by atoms with E-state index in [-0.39, 0.29) is 11.7 Å². The standard InChI is InChI=1S/C24H23FN2O3S/c25-22-11-3-18(4-12-22)17-26-24(28)21-7-5-19(6-8-21)20-9-13-23(14-10-20)31(29,30)27-15-1-2-16-27/h3-14H,1-2,15-17H2,(H,26,28). The summed E-state index contributed by atoms with van der Waals surface area (Å²) < 4.78 is 39.8. The smallest absolute Gasteiger partial charge is 0.251 e. The van der Waals surface area contributed by atoms with Crippen LogP contribution in [0.15, 0.2) is 77.7 Å². The monoisotopic (exact) mass is 438 g/mol. The van der Waals surface area contributed by atoms with Gasteiger partial charge in [0.05, 0.1) is 4.90 Å². The third kappa shape index (κ3) is 4.84. The second kappa shape index (κ2) is 8.99. The molecule has 3 aromatic carbocycles. The topological polar surface area (TPSA) is 66.5 Å². The molecule has 0 spiro atoms. The van der Waals surface area contributed by atoms with Gasteiger partial charge in [0.15, 0.2) is 0 Å². The minimum Gasteiger partial charge on any atom is -0.348 e. The Morgan fingerprint density at radius 1 is 0.839 bits per heavy atom. The molecule has 0 radical (unpaired) electrons. The van der Waals surface area contributed by atoms with E-state index in [2.05, 4.69) is 5.32 Å². The molecule has 0 saturated carbocycles. The van der Waals surface area contributed by atoms with Crippen molar-refractivity contribution < 1.29 is 17.6 Å². The zero-order valence-electron chi connectivity index (χ0n) is 16.9. The van der Waals surface area contributed by atoms with Gasteiger partial charge >= 0.3 is 0 Å². The fourth-order valence-electron chi connectivity index (χ4n) is 3.60. The van der Waals surface area contributed by atoms with Crippen LogP contribution in [-0.2, 0) is 16.6 Å². The van der Waals surface area contributed by atoms with Gasteiger partial charge in [0.2, 0.25) is 10.0 Å². The first-order valence-electron chi connectivity index (χ1n) is 10.2. The molecule has 160 valence electrons. The minimum atomic E-state index is -3.43. The summed E-state index contributed by atoms with van der Waals surface area (Å²) >= 11 is 0. The zero-order chi connectivity index (χ0) is 21.8. The van der Waals surface area contributed by atoms with Gasteiger partial charge in [-0.05, 0) is 65.9 Å². The molecule has 1 N–H and O–H groups in total. The largest absolute Gasteiger partial charge is 0.348 e. The SMILES string of the molecule is O=C(NCc1ccc(F)cc1)c1ccc(-c2ccc(S(=O)(=O)N3CCCC3)cc2)cc1. The van der Waals surface area contributed by atoms with Crippen LogP contribution in [0.1, 0.15) is 28.8 Å². The first-order valence-corrected chi connectivity index (χ1v) is 11.6. The van der Waals surface area contributed by atoms with Crippen molar-refractivity contribution in [3.63, 3.8) is 0 Å². The van der Waals surface area contributed by atoms with Gasteiger partial charge in [0, 0.05) is 25.2 Å². The number of carbonyl (C=O) groups is 1. The van der Waals surface area contributed by atoms with Gasteiger partial charge in [0.1, 0.15) is 5.82 Å². The molecule has 1 amide bonds. The van der Waals surface area contributed by atoms with E-state index in [9.17, 15) is 17.6 Å². The lowest BCUT2D eigenvalue weighted by Crippen LogP contribution is -2.27. The quantitative estimate of drug-likeness (QED) is 0.627. The minimum absolute atomic E-state index is 0.220. The molecule has 0 aliphatic carbocycles. The van der Waals surface area contributed by atoms with Crippen LogP contribution in [0.3, 0.4) is 0 Å². The van der Waals surface area contributed by atoms with Gasteiger partial charge < -0.3 is 5.32 Å². The molecule has 0 bridgehead atoms. The maximum atomic E-state index is 13.0. The van der Waals surface area contributed by atoms with Crippen LogP contribution >= 0.6 is 0 Å². The Kier molecular flexibility index (Phi) is 6.15. The van der Waals surface area contributed by atoms with Crippen molar-refractivity contribution in [3.05, 3.63) is 89.7 Å². The maximum Gasteiger partial charge on any atom is 0.251 e. The number of sulfonamides is 1. The lowest BCUT2D eigenvalue weighted by molar-refractivity contribution is 0.0951. The van der Waals surface area contributed by atoms with Crippen molar-refractivity contribution in [1.82, 2.24) is 9.62 Å². The lowest BCUT2D eigenvalue weighted by atomic mass is 10.0. The van der Waals surface area contributed by atoms with Gasteiger partial charge in [-0.3, -0.25) is 4.79 Å². The number of nitrogens with zero attached hydrogens (tertiary/aromatic N) is 1.